The number of rotatable bonds is 5. The van der Waals surface area contributed by atoms with Crippen LogP contribution in [0, 0.1) is 6.92 Å². The van der Waals surface area contributed by atoms with E-state index < -0.39 is 5.60 Å². The van der Waals surface area contributed by atoms with E-state index in [0.717, 1.165) is 28.4 Å². The number of nitrogens with one attached hydrogen (secondary N) is 1. The first-order valence-electron chi connectivity index (χ1n) is 9.52. The maximum atomic E-state index is 12.8. The van der Waals surface area contributed by atoms with Crippen LogP contribution in [-0.2, 0) is 16.2 Å². The van der Waals surface area contributed by atoms with Crippen LogP contribution in [-0.4, -0.2) is 39.4 Å². The van der Waals surface area contributed by atoms with E-state index in [1.165, 1.54) is 11.3 Å². The number of nitrogens with zero attached hydrogens (tertiary/aromatic N) is 3. The third-order valence-electron chi connectivity index (χ3n) is 4.37. The van der Waals surface area contributed by atoms with Gasteiger partial charge in [0.1, 0.15) is 15.6 Å². The van der Waals surface area contributed by atoms with E-state index in [4.69, 9.17) is 9.57 Å². The van der Waals surface area contributed by atoms with E-state index >= 15 is 0 Å². The van der Waals surface area contributed by atoms with Crippen LogP contribution in [0.4, 0.5) is 4.79 Å². The topological polar surface area (TPSA) is 76.6 Å². The molecule has 8 heteroatoms. The van der Waals surface area contributed by atoms with Crippen molar-refractivity contribution in [1.82, 2.24) is 20.6 Å². The average molecular weight is 405 g/mol. The monoisotopic (exact) mass is 404 g/mol. The summed E-state index contributed by atoms with van der Waals surface area (Å²) in [5.74, 6) is 0. The molecule has 1 aromatic heterocycles. The summed E-state index contributed by atoms with van der Waals surface area (Å²) < 4.78 is 5.63. The molecule has 2 aromatic rings. The summed E-state index contributed by atoms with van der Waals surface area (Å²) in [7, 11) is 0. The number of likely N-dealkylation sites (tertiary alicyclic amines) is 1. The van der Waals surface area contributed by atoms with Crippen molar-refractivity contribution in [3.05, 3.63) is 45.9 Å². The van der Waals surface area contributed by atoms with Crippen LogP contribution >= 0.6 is 11.3 Å². The molecule has 1 aromatic carbocycles. The van der Waals surface area contributed by atoms with Crippen molar-refractivity contribution in [2.45, 2.75) is 64.8 Å². The van der Waals surface area contributed by atoms with Crippen LogP contribution < -0.4 is 5.48 Å². The fraction of sp³-hybridized carbons (Fsp3) is 0.550. The standard InChI is InChI=1S/C20H28N4O3S/c1-14-21-22-18(28-14)17-11-10-16(12-24(17)19(25)27-20(2,3)4)23-26-13-15-8-6-5-7-9-15/h5-9,16-17,23H,10-13H2,1-4H3/t16-,17+/m0/s1. The Kier molecular flexibility index (Phi) is 6.64. The van der Waals surface area contributed by atoms with E-state index in [1.807, 2.05) is 58.0 Å². The van der Waals surface area contributed by atoms with Crippen molar-refractivity contribution in [1.29, 1.82) is 0 Å². The van der Waals surface area contributed by atoms with Gasteiger partial charge in [0.05, 0.1) is 18.7 Å². The summed E-state index contributed by atoms with van der Waals surface area (Å²) in [4.78, 5) is 20.3. The number of aromatic nitrogens is 2. The molecule has 1 aliphatic rings. The molecule has 2 heterocycles. The summed E-state index contributed by atoms with van der Waals surface area (Å²) >= 11 is 1.53. The Morgan fingerprint density at radius 3 is 2.64 bits per heavy atom. The van der Waals surface area contributed by atoms with Crippen molar-refractivity contribution in [3.8, 4) is 0 Å². The van der Waals surface area contributed by atoms with Crippen molar-refractivity contribution in [2.75, 3.05) is 6.54 Å². The lowest BCUT2D eigenvalue weighted by Crippen LogP contribution is -2.50. The molecule has 0 radical (unpaired) electrons. The number of benzene rings is 1. The molecule has 1 N–H and O–H groups in total. The molecule has 1 fully saturated rings. The van der Waals surface area contributed by atoms with Gasteiger partial charge in [0.2, 0.25) is 0 Å². The molecule has 7 nitrogen and oxygen atoms in total. The molecule has 0 unspecified atom stereocenters. The number of aryl methyl sites for hydroxylation is 1. The lowest BCUT2D eigenvalue weighted by molar-refractivity contribution is -0.0336. The minimum atomic E-state index is -0.553. The number of ether oxygens (including phenoxy) is 1. The second-order valence-electron chi connectivity index (χ2n) is 7.97. The highest BCUT2D eigenvalue weighted by Crippen LogP contribution is 2.33. The summed E-state index contributed by atoms with van der Waals surface area (Å²) in [6.45, 7) is 8.51. The fourth-order valence-corrected chi connectivity index (χ4v) is 3.96. The normalized spacial score (nSPS) is 20.2. The molecule has 0 aliphatic carbocycles. The smallest absolute Gasteiger partial charge is 0.410 e. The molecule has 3 rings (SSSR count). The van der Waals surface area contributed by atoms with Crippen molar-refractivity contribution >= 4 is 17.4 Å². The summed E-state index contributed by atoms with van der Waals surface area (Å²) in [6, 6.07) is 9.89. The van der Waals surface area contributed by atoms with E-state index in [1.54, 1.807) is 4.90 Å². The van der Waals surface area contributed by atoms with E-state index in [0.29, 0.717) is 13.2 Å². The van der Waals surface area contributed by atoms with Crippen molar-refractivity contribution in [3.63, 3.8) is 0 Å². The Morgan fingerprint density at radius 2 is 2.00 bits per heavy atom. The molecule has 152 valence electrons. The minimum absolute atomic E-state index is 0.0292. The first-order chi connectivity index (χ1) is 13.3. The van der Waals surface area contributed by atoms with Gasteiger partial charge in [-0.3, -0.25) is 9.74 Å². The molecule has 0 bridgehead atoms. The Balaban J connectivity index is 1.64. The van der Waals surface area contributed by atoms with Gasteiger partial charge in [-0.15, -0.1) is 10.2 Å². The Bertz CT molecular complexity index is 775. The molecule has 1 saturated heterocycles. The van der Waals surface area contributed by atoms with Gasteiger partial charge in [-0.05, 0) is 46.1 Å². The molecular weight excluding hydrogens is 376 g/mol. The number of piperidine rings is 1. The molecule has 0 saturated carbocycles. The number of carbonyl (C=O) groups excluding carboxylic acids is 1. The highest BCUT2D eigenvalue weighted by Gasteiger charge is 2.37. The average Bonchev–Trinajstić information content (AvgIpc) is 3.07. The number of hydroxylamine groups is 1. The quantitative estimate of drug-likeness (QED) is 0.759. The van der Waals surface area contributed by atoms with E-state index in [2.05, 4.69) is 15.7 Å². The van der Waals surface area contributed by atoms with Crippen LogP contribution in [0.15, 0.2) is 30.3 Å². The molecule has 0 spiro atoms. The second kappa shape index (κ2) is 8.98. The first-order valence-corrected chi connectivity index (χ1v) is 10.3. The number of hydrogen-bond acceptors (Lipinski definition) is 7. The molecule has 1 aliphatic heterocycles. The van der Waals surface area contributed by atoms with E-state index in [-0.39, 0.29) is 18.2 Å². The number of amides is 1. The van der Waals surface area contributed by atoms with Gasteiger partial charge in [0.15, 0.2) is 0 Å². The van der Waals surface area contributed by atoms with E-state index in [9.17, 15) is 4.79 Å². The van der Waals surface area contributed by atoms with Gasteiger partial charge in [-0.1, -0.05) is 41.7 Å². The Morgan fingerprint density at radius 1 is 1.25 bits per heavy atom. The lowest BCUT2D eigenvalue weighted by Gasteiger charge is -2.39. The highest BCUT2D eigenvalue weighted by atomic mass is 32.1. The number of hydrogen-bond donors (Lipinski definition) is 1. The molecule has 28 heavy (non-hydrogen) atoms. The van der Waals surface area contributed by atoms with Gasteiger partial charge in [-0.25, -0.2) is 4.79 Å². The maximum Gasteiger partial charge on any atom is 0.410 e. The fourth-order valence-electron chi connectivity index (χ4n) is 3.11. The van der Waals surface area contributed by atoms with Gasteiger partial charge >= 0.3 is 6.09 Å². The molecule has 2 atom stereocenters. The van der Waals surface area contributed by atoms with Crippen molar-refractivity contribution in [2.24, 2.45) is 0 Å². The van der Waals surface area contributed by atoms with Crippen LogP contribution in [0.5, 0.6) is 0 Å². The zero-order chi connectivity index (χ0) is 20.1. The van der Waals surface area contributed by atoms with Crippen LogP contribution in [0.3, 0.4) is 0 Å². The number of carbonyl (C=O) groups is 1. The summed E-state index contributed by atoms with van der Waals surface area (Å²) in [6.07, 6.45) is 1.32. The zero-order valence-corrected chi connectivity index (χ0v) is 17.7. The third-order valence-corrected chi connectivity index (χ3v) is 5.31. The van der Waals surface area contributed by atoms with Crippen LogP contribution in [0.25, 0.3) is 0 Å². The minimum Gasteiger partial charge on any atom is -0.444 e. The predicted molar refractivity (Wildman–Crippen MR) is 108 cm³/mol. The van der Waals surface area contributed by atoms with Crippen molar-refractivity contribution < 1.29 is 14.4 Å². The largest absolute Gasteiger partial charge is 0.444 e. The van der Waals surface area contributed by atoms with Crippen LogP contribution in [0.2, 0.25) is 0 Å². The first kappa shape index (κ1) is 20.7. The highest BCUT2D eigenvalue weighted by molar-refractivity contribution is 7.11. The zero-order valence-electron chi connectivity index (χ0n) is 16.8. The molecule has 1 amide bonds. The predicted octanol–water partition coefficient (Wildman–Crippen LogP) is 4.01. The Labute approximate surface area is 170 Å². The van der Waals surface area contributed by atoms with Gasteiger partial charge in [0.25, 0.3) is 0 Å². The van der Waals surface area contributed by atoms with Gasteiger partial charge in [0, 0.05) is 6.54 Å². The van der Waals surface area contributed by atoms with Gasteiger partial charge in [-0.2, -0.15) is 5.48 Å². The van der Waals surface area contributed by atoms with Gasteiger partial charge < -0.3 is 4.74 Å². The molecular formula is C20H28N4O3S. The van der Waals surface area contributed by atoms with Crippen LogP contribution in [0.1, 0.15) is 55.2 Å². The third kappa shape index (κ3) is 5.73. The second-order valence-corrected chi connectivity index (χ2v) is 9.19. The summed E-state index contributed by atoms with van der Waals surface area (Å²) in [5.41, 5.74) is 3.65. The lowest BCUT2D eigenvalue weighted by atomic mass is 9.99. The maximum absolute atomic E-state index is 12.8. The summed E-state index contributed by atoms with van der Waals surface area (Å²) in [5, 5.41) is 10.1. The Hall–Kier alpha value is -2.03. The SMILES string of the molecule is Cc1nnc([C@H]2CC[C@H](NOCc3ccccc3)CN2C(=O)OC(C)(C)C)s1.